The van der Waals surface area contributed by atoms with E-state index in [0.717, 1.165) is 4.47 Å². The molecule has 3 aromatic rings. The quantitative estimate of drug-likeness (QED) is 0.542. The first-order chi connectivity index (χ1) is 10.0. The topological polar surface area (TPSA) is 44.5 Å². The third-order valence-corrected chi connectivity index (χ3v) is 4.43. The number of nitrogens with one attached hydrogen (secondary N) is 1. The van der Waals surface area contributed by atoms with Gasteiger partial charge < -0.3 is 4.98 Å². The Hall–Kier alpha value is -1.49. The molecule has 0 amide bonds. The van der Waals surface area contributed by atoms with E-state index in [9.17, 15) is 9.65 Å². The normalized spacial score (nSPS) is 10.8. The Bertz CT molecular complexity index is 969. The fourth-order valence-electron chi connectivity index (χ4n) is 2.13. The molecule has 0 saturated carbocycles. The van der Waals surface area contributed by atoms with Gasteiger partial charge in [0.1, 0.15) is 11.9 Å². The van der Waals surface area contributed by atoms with Crippen molar-refractivity contribution in [2.24, 2.45) is 0 Å². The number of hydrogen-bond acceptors (Lipinski definition) is 2. The van der Waals surface area contributed by atoms with Gasteiger partial charge in [0.2, 0.25) is 0 Å². The molecule has 0 spiro atoms. The highest BCUT2D eigenvalue weighted by Gasteiger charge is 2.13. The summed E-state index contributed by atoms with van der Waals surface area (Å²) >= 11 is 11.9. The van der Waals surface area contributed by atoms with E-state index in [4.69, 9.17) is 12.2 Å². The maximum atomic E-state index is 13.6. The zero-order valence-electron chi connectivity index (χ0n) is 10.3. The van der Waals surface area contributed by atoms with Gasteiger partial charge in [-0.1, -0.05) is 15.9 Å². The van der Waals surface area contributed by atoms with Gasteiger partial charge in [0.25, 0.3) is 0 Å². The average Bonchev–Trinajstić information content (AvgIpc) is 2.74. The van der Waals surface area contributed by atoms with Crippen LogP contribution in [0.5, 0.6) is 0 Å². The minimum absolute atomic E-state index is 0.339. The highest BCUT2D eigenvalue weighted by molar-refractivity contribution is 9.10. The smallest absolute Gasteiger partial charge is 0.182 e. The highest BCUT2D eigenvalue weighted by Crippen LogP contribution is 2.28. The number of hydrogen-bond donors (Lipinski definition) is 1. The number of benzene rings is 2. The Morgan fingerprint density at radius 2 is 2.00 bits per heavy atom. The molecule has 2 aromatic carbocycles. The minimum Gasteiger partial charge on any atom is -0.330 e. The van der Waals surface area contributed by atoms with Gasteiger partial charge in [0.15, 0.2) is 4.77 Å². The summed E-state index contributed by atoms with van der Waals surface area (Å²) in [7, 11) is 0. The van der Waals surface area contributed by atoms with Crippen molar-refractivity contribution in [1.29, 1.82) is 5.26 Å². The number of nitriles is 1. The summed E-state index contributed by atoms with van der Waals surface area (Å²) in [5, 5.41) is 9.28. The summed E-state index contributed by atoms with van der Waals surface area (Å²) in [4.78, 5) is 2.96. The monoisotopic (exact) mass is 425 g/mol. The van der Waals surface area contributed by atoms with Crippen LogP contribution in [0.4, 0.5) is 4.39 Å². The standard InChI is InChI=1S/C14H6Br2FN3S/c15-8-2-1-7(6-18)12(3-8)20-13-4-9(16)10(17)5-11(13)19-14(20)21/h1-5H,(H,19,21). The van der Waals surface area contributed by atoms with E-state index in [1.165, 1.54) is 6.07 Å². The van der Waals surface area contributed by atoms with E-state index in [-0.39, 0.29) is 5.82 Å². The summed E-state index contributed by atoms with van der Waals surface area (Å²) < 4.78 is 16.9. The molecular formula is C14H6Br2FN3S. The van der Waals surface area contributed by atoms with E-state index in [2.05, 4.69) is 42.9 Å². The van der Waals surface area contributed by atoms with Gasteiger partial charge in [-0.05, 0) is 52.4 Å². The van der Waals surface area contributed by atoms with Crippen molar-refractivity contribution in [3.05, 3.63) is 55.4 Å². The molecule has 3 nitrogen and oxygen atoms in total. The number of halogens is 3. The fourth-order valence-corrected chi connectivity index (χ4v) is 3.11. The Kier molecular flexibility index (Phi) is 3.69. The Morgan fingerprint density at radius 3 is 2.71 bits per heavy atom. The van der Waals surface area contributed by atoms with Crippen LogP contribution in [0.15, 0.2) is 39.3 Å². The van der Waals surface area contributed by atoms with Crippen LogP contribution >= 0.6 is 44.1 Å². The molecule has 0 radical (unpaired) electrons. The van der Waals surface area contributed by atoms with Gasteiger partial charge in [-0.2, -0.15) is 5.26 Å². The zero-order valence-corrected chi connectivity index (χ0v) is 14.3. The molecule has 1 N–H and O–H groups in total. The van der Waals surface area contributed by atoms with E-state index in [0.29, 0.717) is 31.5 Å². The number of aromatic nitrogens is 2. The van der Waals surface area contributed by atoms with Crippen molar-refractivity contribution in [2.45, 2.75) is 0 Å². The average molecular weight is 427 g/mol. The molecule has 21 heavy (non-hydrogen) atoms. The molecular weight excluding hydrogens is 421 g/mol. The lowest BCUT2D eigenvalue weighted by Crippen LogP contribution is -1.98. The third-order valence-electron chi connectivity index (χ3n) is 3.05. The number of nitrogens with zero attached hydrogens (tertiary/aromatic N) is 2. The second-order valence-corrected chi connectivity index (χ2v) is 6.48. The molecule has 7 heteroatoms. The number of rotatable bonds is 1. The molecule has 1 aromatic heterocycles. The van der Waals surface area contributed by atoms with Crippen LogP contribution in [-0.2, 0) is 0 Å². The predicted octanol–water partition coefficient (Wildman–Crippen LogP) is 5.22. The van der Waals surface area contributed by atoms with Crippen LogP contribution in [0.3, 0.4) is 0 Å². The summed E-state index contributed by atoms with van der Waals surface area (Å²) in [6.45, 7) is 0. The van der Waals surface area contributed by atoms with Crippen molar-refractivity contribution < 1.29 is 4.39 Å². The zero-order chi connectivity index (χ0) is 15.1. The third kappa shape index (κ3) is 2.44. The van der Waals surface area contributed by atoms with Crippen LogP contribution in [0.1, 0.15) is 5.56 Å². The summed E-state index contributed by atoms with van der Waals surface area (Å²) in [6, 6.07) is 10.4. The molecule has 0 saturated heterocycles. The Labute approximate surface area is 141 Å². The molecule has 0 atom stereocenters. The molecule has 0 fully saturated rings. The Morgan fingerprint density at radius 1 is 1.24 bits per heavy atom. The number of fused-ring (bicyclic) bond motifs is 1. The summed E-state index contributed by atoms with van der Waals surface area (Å²) in [5.74, 6) is -0.374. The molecule has 0 unspecified atom stereocenters. The van der Waals surface area contributed by atoms with Gasteiger partial charge in [-0.3, -0.25) is 4.57 Å². The van der Waals surface area contributed by atoms with Crippen molar-refractivity contribution in [1.82, 2.24) is 9.55 Å². The molecule has 104 valence electrons. The number of H-pyrrole nitrogens is 1. The van der Waals surface area contributed by atoms with Crippen LogP contribution < -0.4 is 0 Å². The van der Waals surface area contributed by atoms with Gasteiger partial charge in [-0.25, -0.2) is 4.39 Å². The van der Waals surface area contributed by atoms with Gasteiger partial charge in [-0.15, -0.1) is 0 Å². The first-order valence-corrected chi connectivity index (χ1v) is 7.80. The van der Waals surface area contributed by atoms with Crippen LogP contribution in [-0.4, -0.2) is 9.55 Å². The molecule has 1 heterocycles. The van der Waals surface area contributed by atoms with E-state index in [1.54, 1.807) is 28.8 Å². The minimum atomic E-state index is -0.374. The maximum absolute atomic E-state index is 13.6. The van der Waals surface area contributed by atoms with E-state index < -0.39 is 0 Å². The van der Waals surface area contributed by atoms with Crippen molar-refractivity contribution in [3.63, 3.8) is 0 Å². The van der Waals surface area contributed by atoms with Crippen LogP contribution in [0, 0.1) is 21.9 Å². The summed E-state index contributed by atoms with van der Waals surface area (Å²) in [6.07, 6.45) is 0. The second kappa shape index (κ2) is 5.37. The molecule has 0 aliphatic rings. The molecule has 3 rings (SSSR count). The number of imidazole rings is 1. The van der Waals surface area contributed by atoms with Gasteiger partial charge >= 0.3 is 0 Å². The van der Waals surface area contributed by atoms with Crippen molar-refractivity contribution in [2.75, 3.05) is 0 Å². The fraction of sp³-hybridized carbons (Fsp3) is 0. The molecule has 0 aliphatic heterocycles. The summed E-state index contributed by atoms with van der Waals surface area (Å²) in [5.41, 5.74) is 2.39. The molecule has 0 aliphatic carbocycles. The van der Waals surface area contributed by atoms with Crippen molar-refractivity contribution in [3.8, 4) is 11.8 Å². The van der Waals surface area contributed by atoms with Crippen LogP contribution in [0.2, 0.25) is 0 Å². The highest BCUT2D eigenvalue weighted by atomic mass is 79.9. The maximum Gasteiger partial charge on any atom is 0.182 e. The molecule has 0 bridgehead atoms. The SMILES string of the molecule is N#Cc1ccc(Br)cc1-n1c(=S)[nH]c2cc(F)c(Br)cc21. The number of aromatic amines is 1. The lowest BCUT2D eigenvalue weighted by Gasteiger charge is -2.08. The largest absolute Gasteiger partial charge is 0.330 e. The van der Waals surface area contributed by atoms with Gasteiger partial charge in [0.05, 0.1) is 26.8 Å². The van der Waals surface area contributed by atoms with E-state index in [1.807, 2.05) is 0 Å². The first-order valence-electron chi connectivity index (χ1n) is 5.81. The lowest BCUT2D eigenvalue weighted by atomic mass is 10.2. The predicted molar refractivity (Wildman–Crippen MR) is 88.5 cm³/mol. The van der Waals surface area contributed by atoms with Gasteiger partial charge in [0, 0.05) is 10.5 Å². The van der Waals surface area contributed by atoms with Crippen LogP contribution in [0.25, 0.3) is 16.7 Å². The first kappa shape index (κ1) is 14.4. The Balaban J connectivity index is 2.44. The second-order valence-electron chi connectivity index (χ2n) is 4.32. The van der Waals surface area contributed by atoms with E-state index >= 15 is 0 Å². The van der Waals surface area contributed by atoms with Crippen molar-refractivity contribution >= 4 is 55.1 Å². The lowest BCUT2D eigenvalue weighted by molar-refractivity contribution is 0.623.